The van der Waals surface area contributed by atoms with Crippen molar-refractivity contribution in [2.24, 2.45) is 29.6 Å². The lowest BCUT2D eigenvalue weighted by Gasteiger charge is -2.55. The number of ether oxygens (including phenoxy) is 4. The number of hydrogen-bond acceptors (Lipinski definition) is 11. The molecule has 15 rings (SSSR count). The van der Waals surface area contributed by atoms with Crippen LogP contribution in [-0.4, -0.2) is 65.9 Å². The molecule has 9 aliphatic rings. The van der Waals surface area contributed by atoms with Gasteiger partial charge in [0.2, 0.25) is 0 Å². The number of hydrogen-bond donors (Lipinski definition) is 3. The Bertz CT molecular complexity index is 3820. The van der Waals surface area contributed by atoms with E-state index >= 15 is 9.59 Å². The van der Waals surface area contributed by atoms with Gasteiger partial charge in [-0.2, -0.15) is 0 Å². The number of allylic oxidation sites excluding steroid dienone is 4. The van der Waals surface area contributed by atoms with Crippen LogP contribution in [0.4, 0.5) is 0 Å². The molecule has 13 atom stereocenters. The first-order valence-electron chi connectivity index (χ1n) is 31.6. The number of benzene rings is 5. The number of aryl methyl sites for hydroxylation is 1. The van der Waals surface area contributed by atoms with Crippen molar-refractivity contribution in [2.45, 2.75) is 144 Å². The van der Waals surface area contributed by atoms with Crippen molar-refractivity contribution < 1.29 is 48.3 Å². The number of aliphatic hydroxyl groups excluding tert-OH is 3. The Morgan fingerprint density at radius 2 is 1.55 bits per heavy atom. The molecule has 3 aliphatic heterocycles. The van der Waals surface area contributed by atoms with Crippen molar-refractivity contribution in [3.8, 4) is 5.75 Å². The summed E-state index contributed by atoms with van der Waals surface area (Å²) < 4.78 is 33.5. The second-order valence-corrected chi connectivity index (χ2v) is 26.2. The van der Waals surface area contributed by atoms with Gasteiger partial charge < -0.3 is 38.7 Å². The maximum atomic E-state index is 15.9. The summed E-state index contributed by atoms with van der Waals surface area (Å²) in [5.41, 5.74) is 10.8. The molecule has 0 radical (unpaired) electrons. The van der Waals surface area contributed by atoms with Gasteiger partial charge in [0.1, 0.15) is 16.9 Å². The largest absolute Gasteiger partial charge is 0.483 e. The fourth-order valence-electron chi connectivity index (χ4n) is 17.9. The van der Waals surface area contributed by atoms with Gasteiger partial charge in [0.15, 0.2) is 12.2 Å². The Morgan fingerprint density at radius 1 is 0.756 bits per heavy atom. The van der Waals surface area contributed by atoms with Crippen LogP contribution in [0.5, 0.6) is 5.75 Å². The average molecular weight is 1160 g/mol. The summed E-state index contributed by atoms with van der Waals surface area (Å²) >= 11 is 0. The van der Waals surface area contributed by atoms with Gasteiger partial charge in [0.25, 0.3) is 0 Å². The van der Waals surface area contributed by atoms with Gasteiger partial charge in [-0.3, -0.25) is 4.79 Å². The second kappa shape index (κ2) is 22.9. The van der Waals surface area contributed by atoms with Gasteiger partial charge in [0.05, 0.1) is 25.4 Å². The Balaban J connectivity index is 0.909. The minimum atomic E-state index is -1.37. The molecule has 4 heterocycles. The van der Waals surface area contributed by atoms with E-state index in [1.807, 2.05) is 6.92 Å². The first-order valence-corrected chi connectivity index (χ1v) is 31.6. The third-order valence-corrected chi connectivity index (χ3v) is 22.0. The summed E-state index contributed by atoms with van der Waals surface area (Å²) in [5, 5.41) is 32.6. The molecule has 6 aromatic rings. The van der Waals surface area contributed by atoms with Crippen LogP contribution < -0.4 is 10.4 Å². The summed E-state index contributed by atoms with van der Waals surface area (Å²) in [6, 6.07) is 36.6. The van der Waals surface area contributed by atoms with E-state index in [4.69, 9.17) is 23.4 Å². The highest BCUT2D eigenvalue weighted by atomic mass is 16.6. The summed E-state index contributed by atoms with van der Waals surface area (Å²) in [5.74, 6) is -0.828. The van der Waals surface area contributed by atoms with Crippen molar-refractivity contribution in [3.05, 3.63) is 216 Å². The maximum absolute atomic E-state index is 15.9. The highest BCUT2D eigenvalue weighted by Crippen LogP contribution is 2.62. The predicted octanol–water partition coefficient (Wildman–Crippen LogP) is 13.3. The zero-order valence-electron chi connectivity index (χ0n) is 49.6. The predicted molar refractivity (Wildman–Crippen MR) is 331 cm³/mol. The summed E-state index contributed by atoms with van der Waals surface area (Å²) in [7, 11) is 1.52. The summed E-state index contributed by atoms with van der Waals surface area (Å²) in [6.45, 7) is 2.63. The number of esters is 2. The molecule has 2 bridgehead atoms. The number of carbonyl (C=O) groups excluding carboxylic acids is 2. The minimum Gasteiger partial charge on any atom is -0.483 e. The zero-order chi connectivity index (χ0) is 59.0. The van der Waals surface area contributed by atoms with Crippen LogP contribution in [0.1, 0.15) is 175 Å². The van der Waals surface area contributed by atoms with Crippen LogP contribution in [0, 0.1) is 29.6 Å². The van der Waals surface area contributed by atoms with E-state index in [0.717, 1.165) is 36.0 Å². The molecule has 0 saturated heterocycles. The van der Waals surface area contributed by atoms with Crippen molar-refractivity contribution in [1.29, 1.82) is 0 Å². The SMILES string of the molecule is COCC(CCO)c1c(CO)c2ccc3c(c2oc1=O)C1OC(=O)CC2CC(c4cccc5c4CCC4CCCC6C=Cc7ccccc7C564)C=CC2c2ccc(cc2)CCC(=C(C)CO)C(=O)OC1C(C)(C1CC2C=Cc4ccccc4C2C1)O3. The molecule has 13 unspecified atom stereocenters. The van der Waals surface area contributed by atoms with E-state index < -0.39 is 47.9 Å². The van der Waals surface area contributed by atoms with E-state index in [-0.39, 0.29) is 96.7 Å². The van der Waals surface area contributed by atoms with Crippen LogP contribution in [-0.2, 0) is 48.7 Å². The van der Waals surface area contributed by atoms with Crippen LogP contribution in [0.15, 0.2) is 148 Å². The Morgan fingerprint density at radius 3 is 2.36 bits per heavy atom. The van der Waals surface area contributed by atoms with Crippen LogP contribution >= 0.6 is 0 Å². The molecule has 5 aromatic carbocycles. The molecule has 1 spiro atoms. The number of aliphatic hydroxyl groups is 3. The third-order valence-electron chi connectivity index (χ3n) is 22.0. The lowest BCUT2D eigenvalue weighted by atomic mass is 9.48. The number of fused-ring (bicyclic) bond motifs is 16. The lowest BCUT2D eigenvalue weighted by Crippen LogP contribution is -2.58. The molecular weight excluding hydrogens is 1080 g/mol. The average Bonchev–Trinajstić information content (AvgIpc) is 0.776. The monoisotopic (exact) mass is 1150 g/mol. The fourth-order valence-corrected chi connectivity index (χ4v) is 17.9. The highest BCUT2D eigenvalue weighted by molar-refractivity contribution is 5.90. The minimum absolute atomic E-state index is 0.0103. The Kier molecular flexibility index (Phi) is 15.1. The maximum Gasteiger partial charge on any atom is 0.340 e. The smallest absolute Gasteiger partial charge is 0.340 e. The van der Waals surface area contributed by atoms with Crippen LogP contribution in [0.2, 0.25) is 0 Å². The number of rotatable bonds is 9. The Labute approximate surface area is 503 Å². The second-order valence-electron chi connectivity index (χ2n) is 26.2. The zero-order valence-corrected chi connectivity index (χ0v) is 49.6. The van der Waals surface area contributed by atoms with E-state index in [2.05, 4.69) is 127 Å². The number of methoxy groups -OCH3 is 1. The number of carbonyl (C=O) groups is 2. The molecule has 11 nitrogen and oxygen atoms in total. The molecule has 1 aromatic heterocycles. The van der Waals surface area contributed by atoms with Crippen molar-refractivity contribution >= 4 is 35.1 Å². The normalized spacial score (nSPS) is 30.6. The lowest BCUT2D eigenvalue weighted by molar-refractivity contribution is -0.199. The van der Waals surface area contributed by atoms with Crippen molar-refractivity contribution in [2.75, 3.05) is 26.9 Å². The van der Waals surface area contributed by atoms with Gasteiger partial charge >= 0.3 is 17.6 Å². The van der Waals surface area contributed by atoms with Gasteiger partial charge in [-0.25, -0.2) is 9.59 Å². The van der Waals surface area contributed by atoms with Crippen LogP contribution in [0.3, 0.4) is 0 Å². The van der Waals surface area contributed by atoms with E-state index in [1.54, 1.807) is 19.1 Å². The third kappa shape index (κ3) is 9.32. The fraction of sp³-hybridized carbons (Fsp3) is 0.427. The Hall–Kier alpha value is -7.15. The van der Waals surface area contributed by atoms with E-state index in [1.165, 1.54) is 53.3 Å². The molecule has 2 fully saturated rings. The van der Waals surface area contributed by atoms with Gasteiger partial charge in [0, 0.05) is 65.7 Å². The molecule has 86 heavy (non-hydrogen) atoms. The topological polar surface area (TPSA) is 162 Å². The molecule has 2 saturated carbocycles. The van der Waals surface area contributed by atoms with Gasteiger partial charge in [-0.05, 0) is 181 Å². The van der Waals surface area contributed by atoms with Gasteiger partial charge in [-0.15, -0.1) is 0 Å². The molecule has 3 N–H and O–H groups in total. The quantitative estimate of drug-likeness (QED) is 0.0547. The van der Waals surface area contributed by atoms with Crippen molar-refractivity contribution in [1.82, 2.24) is 0 Å². The first-order chi connectivity index (χ1) is 41.9. The molecule has 0 amide bonds. The summed E-state index contributed by atoms with van der Waals surface area (Å²) in [6.07, 6.45) is 20.1. The molecule has 444 valence electrons. The molecular formula is C75H78O11. The van der Waals surface area contributed by atoms with Crippen LogP contribution in [0.25, 0.3) is 23.1 Å². The molecule has 6 aliphatic carbocycles. The van der Waals surface area contributed by atoms with Gasteiger partial charge in [-0.1, -0.05) is 134 Å². The highest BCUT2D eigenvalue weighted by Gasteiger charge is 2.60. The first kappa shape index (κ1) is 56.6. The summed E-state index contributed by atoms with van der Waals surface area (Å²) in [4.78, 5) is 46.0. The van der Waals surface area contributed by atoms with Crippen molar-refractivity contribution in [3.63, 3.8) is 0 Å². The van der Waals surface area contributed by atoms with E-state index in [0.29, 0.717) is 65.4 Å². The van der Waals surface area contributed by atoms with E-state index in [9.17, 15) is 20.1 Å². The molecule has 11 heteroatoms. The standard InChI is InChI=1S/C75H78O11/c1-43(40-77)55-29-20-44-18-21-46(22-19-44)56-30-26-48(58-15-9-17-64-59(58)31-28-53-13-8-12-52-27-25-47-11-5-7-16-63(47)75(52,53)64)36-51(56)38-66(79)83-70-68-65(33-32-60-62(41-78)67(73(81)84-69(60)68)50(34-35-76)42-82-3)86-74(2,71(70)85-72(55)80)54-37-49-24-23-45-10-4-6-14-57(45)61(49)39-54/h4-7,9-11,14-19,21-27,30,32-33,48-54,56,61,70-71,76-78H,8,12-13,20,28-29,31,34-42H2,1-3H3.